The standard InChI is InChI=1S/C14H13NO3/c1-18-14(17)10-6-7-13(16)15-11-5-3-2-4-9(11)8-12(10)15/h2-5,8,10H,6-7H2,1H3. The zero-order chi connectivity index (χ0) is 12.7. The number of hydrogen-bond donors (Lipinski definition) is 0. The number of carbonyl (C=O) groups excluding carboxylic acids is 2. The van der Waals surface area contributed by atoms with Gasteiger partial charge in [-0.1, -0.05) is 18.2 Å². The second kappa shape index (κ2) is 3.98. The number of hydrogen-bond acceptors (Lipinski definition) is 3. The molecule has 0 saturated heterocycles. The maximum absolute atomic E-state index is 12.0. The third-order valence-electron chi connectivity index (χ3n) is 3.48. The molecule has 1 unspecified atom stereocenters. The fourth-order valence-corrected chi connectivity index (χ4v) is 2.62. The van der Waals surface area contributed by atoms with E-state index in [1.165, 1.54) is 7.11 Å². The summed E-state index contributed by atoms with van der Waals surface area (Å²) in [5.74, 6) is -0.557. The summed E-state index contributed by atoms with van der Waals surface area (Å²) in [6, 6.07) is 9.57. The molecule has 0 radical (unpaired) electrons. The summed E-state index contributed by atoms with van der Waals surface area (Å²) in [6.07, 6.45) is 0.910. The van der Waals surface area contributed by atoms with Crippen molar-refractivity contribution >= 4 is 22.8 Å². The number of carbonyl (C=O) groups is 2. The fourth-order valence-electron chi connectivity index (χ4n) is 2.62. The summed E-state index contributed by atoms with van der Waals surface area (Å²) in [6.45, 7) is 0. The smallest absolute Gasteiger partial charge is 0.314 e. The Morgan fingerprint density at radius 2 is 2.17 bits per heavy atom. The van der Waals surface area contributed by atoms with E-state index in [9.17, 15) is 9.59 Å². The lowest BCUT2D eigenvalue weighted by molar-refractivity contribution is -0.142. The number of benzene rings is 1. The van der Waals surface area contributed by atoms with Crippen LogP contribution in [0.15, 0.2) is 30.3 Å². The van der Waals surface area contributed by atoms with Gasteiger partial charge in [-0.15, -0.1) is 0 Å². The Labute approximate surface area is 104 Å². The van der Waals surface area contributed by atoms with Crippen molar-refractivity contribution in [3.8, 4) is 0 Å². The Kier molecular flexibility index (Phi) is 2.44. The first-order valence-electron chi connectivity index (χ1n) is 5.94. The molecule has 1 aliphatic heterocycles. The molecule has 0 spiro atoms. The van der Waals surface area contributed by atoms with Crippen LogP contribution in [0.25, 0.3) is 10.9 Å². The molecule has 1 aliphatic rings. The highest BCUT2D eigenvalue weighted by Gasteiger charge is 2.32. The van der Waals surface area contributed by atoms with Gasteiger partial charge in [0.15, 0.2) is 0 Å². The molecule has 0 fully saturated rings. The molecule has 1 aromatic heterocycles. The van der Waals surface area contributed by atoms with Gasteiger partial charge in [0.2, 0.25) is 5.91 Å². The fraction of sp³-hybridized carbons (Fsp3) is 0.286. The third-order valence-corrected chi connectivity index (χ3v) is 3.48. The lowest BCUT2D eigenvalue weighted by Gasteiger charge is -2.22. The van der Waals surface area contributed by atoms with Gasteiger partial charge in [-0.05, 0) is 18.6 Å². The van der Waals surface area contributed by atoms with Gasteiger partial charge in [0.1, 0.15) is 0 Å². The summed E-state index contributed by atoms with van der Waals surface area (Å²) in [5, 5.41) is 0.983. The number of rotatable bonds is 1. The van der Waals surface area contributed by atoms with Crippen molar-refractivity contribution in [2.24, 2.45) is 0 Å². The van der Waals surface area contributed by atoms with Crippen LogP contribution in [0, 0.1) is 0 Å². The van der Waals surface area contributed by atoms with E-state index in [0.717, 1.165) is 16.6 Å². The van der Waals surface area contributed by atoms with Crippen molar-refractivity contribution in [1.29, 1.82) is 0 Å². The molecule has 0 N–H and O–H groups in total. The topological polar surface area (TPSA) is 48.3 Å². The molecule has 4 heteroatoms. The minimum Gasteiger partial charge on any atom is -0.469 e. The minimum atomic E-state index is -0.333. The molecule has 2 aromatic rings. The summed E-state index contributed by atoms with van der Waals surface area (Å²) in [7, 11) is 1.38. The first kappa shape index (κ1) is 11.0. The number of nitrogens with zero attached hydrogens (tertiary/aromatic N) is 1. The normalized spacial score (nSPS) is 18.7. The highest BCUT2D eigenvalue weighted by molar-refractivity contribution is 5.97. The number of para-hydroxylation sites is 1. The largest absolute Gasteiger partial charge is 0.469 e. The molecule has 0 amide bonds. The van der Waals surface area contributed by atoms with Gasteiger partial charge in [-0.2, -0.15) is 0 Å². The highest BCUT2D eigenvalue weighted by Crippen LogP contribution is 2.33. The zero-order valence-corrected chi connectivity index (χ0v) is 10.1. The monoisotopic (exact) mass is 243 g/mol. The Hall–Kier alpha value is -2.10. The Morgan fingerprint density at radius 3 is 2.94 bits per heavy atom. The number of fused-ring (bicyclic) bond motifs is 3. The van der Waals surface area contributed by atoms with Crippen LogP contribution in [0.4, 0.5) is 0 Å². The van der Waals surface area contributed by atoms with E-state index in [1.54, 1.807) is 4.57 Å². The molecular formula is C14H13NO3. The molecule has 0 bridgehead atoms. The molecule has 4 nitrogen and oxygen atoms in total. The van der Waals surface area contributed by atoms with Crippen LogP contribution in [0.3, 0.4) is 0 Å². The van der Waals surface area contributed by atoms with Crippen molar-refractivity contribution < 1.29 is 14.3 Å². The van der Waals surface area contributed by atoms with Crippen LogP contribution in [-0.2, 0) is 9.53 Å². The average molecular weight is 243 g/mol. The quantitative estimate of drug-likeness (QED) is 0.722. The Balaban J connectivity index is 2.24. The molecule has 1 atom stereocenters. The van der Waals surface area contributed by atoms with Crippen LogP contribution in [-0.4, -0.2) is 23.6 Å². The van der Waals surface area contributed by atoms with E-state index in [-0.39, 0.29) is 17.8 Å². The average Bonchev–Trinajstić information content (AvgIpc) is 2.78. The van der Waals surface area contributed by atoms with Crippen molar-refractivity contribution in [3.05, 3.63) is 36.0 Å². The maximum atomic E-state index is 12.0. The molecule has 0 aliphatic carbocycles. The molecule has 1 aromatic carbocycles. The maximum Gasteiger partial charge on any atom is 0.314 e. The lowest BCUT2D eigenvalue weighted by Crippen LogP contribution is -2.27. The second-order valence-electron chi connectivity index (χ2n) is 4.47. The predicted octanol–water partition coefficient (Wildman–Crippen LogP) is 2.33. The number of aromatic nitrogens is 1. The van der Waals surface area contributed by atoms with Gasteiger partial charge in [0.25, 0.3) is 0 Å². The van der Waals surface area contributed by atoms with Gasteiger partial charge >= 0.3 is 5.97 Å². The molecule has 0 saturated carbocycles. The van der Waals surface area contributed by atoms with Gasteiger partial charge in [-0.3, -0.25) is 14.2 Å². The number of methoxy groups -OCH3 is 1. The van der Waals surface area contributed by atoms with Crippen molar-refractivity contribution in [1.82, 2.24) is 4.57 Å². The molecular weight excluding hydrogens is 230 g/mol. The van der Waals surface area contributed by atoms with Crippen LogP contribution >= 0.6 is 0 Å². The summed E-state index contributed by atoms with van der Waals surface area (Å²) in [5.41, 5.74) is 1.62. The molecule has 3 rings (SSSR count). The molecule has 92 valence electrons. The summed E-state index contributed by atoms with van der Waals surface area (Å²) in [4.78, 5) is 23.8. The van der Waals surface area contributed by atoms with Crippen LogP contribution in [0.5, 0.6) is 0 Å². The van der Waals surface area contributed by atoms with E-state index in [0.29, 0.717) is 12.8 Å². The van der Waals surface area contributed by atoms with E-state index in [2.05, 4.69) is 0 Å². The Morgan fingerprint density at radius 1 is 1.39 bits per heavy atom. The summed E-state index contributed by atoms with van der Waals surface area (Å²) < 4.78 is 6.47. The second-order valence-corrected chi connectivity index (χ2v) is 4.47. The lowest BCUT2D eigenvalue weighted by atomic mass is 9.96. The number of esters is 1. The van der Waals surface area contributed by atoms with Crippen LogP contribution in [0.2, 0.25) is 0 Å². The van der Waals surface area contributed by atoms with Crippen LogP contribution in [0.1, 0.15) is 29.2 Å². The van der Waals surface area contributed by atoms with Crippen LogP contribution < -0.4 is 0 Å². The van der Waals surface area contributed by atoms with E-state index in [4.69, 9.17) is 4.74 Å². The predicted molar refractivity (Wildman–Crippen MR) is 66.6 cm³/mol. The SMILES string of the molecule is COC(=O)C1CCC(=O)n2c1cc1ccccc12. The molecule has 2 heterocycles. The van der Waals surface area contributed by atoms with Gasteiger partial charge < -0.3 is 4.74 Å². The highest BCUT2D eigenvalue weighted by atomic mass is 16.5. The van der Waals surface area contributed by atoms with E-state index >= 15 is 0 Å². The van der Waals surface area contributed by atoms with Crippen molar-refractivity contribution in [2.45, 2.75) is 18.8 Å². The zero-order valence-electron chi connectivity index (χ0n) is 10.1. The first-order valence-corrected chi connectivity index (χ1v) is 5.94. The van der Waals surface area contributed by atoms with Gasteiger partial charge in [0.05, 0.1) is 18.5 Å². The Bertz CT molecular complexity index is 642. The number of ether oxygens (including phenoxy) is 1. The third kappa shape index (κ3) is 1.45. The van der Waals surface area contributed by atoms with Gasteiger partial charge in [0, 0.05) is 17.5 Å². The van der Waals surface area contributed by atoms with Crippen molar-refractivity contribution in [3.63, 3.8) is 0 Å². The molecule has 18 heavy (non-hydrogen) atoms. The minimum absolute atomic E-state index is 0.0475. The van der Waals surface area contributed by atoms with Crippen molar-refractivity contribution in [2.75, 3.05) is 7.11 Å². The summed E-state index contributed by atoms with van der Waals surface area (Å²) >= 11 is 0. The van der Waals surface area contributed by atoms with E-state index in [1.807, 2.05) is 30.3 Å². The van der Waals surface area contributed by atoms with Gasteiger partial charge in [-0.25, -0.2) is 0 Å². The van der Waals surface area contributed by atoms with E-state index < -0.39 is 0 Å². The first-order chi connectivity index (χ1) is 8.72.